The lowest BCUT2D eigenvalue weighted by atomic mass is 10.0. The molecule has 1 N–H and O–H groups in total. The van der Waals surface area contributed by atoms with Crippen LogP contribution in [-0.4, -0.2) is 52.4 Å². The fourth-order valence-corrected chi connectivity index (χ4v) is 3.06. The van der Waals surface area contributed by atoms with Gasteiger partial charge in [0.1, 0.15) is 0 Å². The SMILES string of the molecule is CCOC(=O)N1CCC(NC(=O)c2nn(C)c3ccccc23)CC1. The van der Waals surface area contributed by atoms with Crippen molar-refractivity contribution in [2.24, 2.45) is 7.05 Å². The summed E-state index contributed by atoms with van der Waals surface area (Å²) in [6, 6.07) is 7.72. The average molecular weight is 330 g/mol. The minimum absolute atomic E-state index is 0.0453. The maximum absolute atomic E-state index is 12.6. The number of nitrogens with zero attached hydrogens (tertiary/aromatic N) is 3. The number of piperidine rings is 1. The molecule has 7 nitrogen and oxygen atoms in total. The first-order valence-corrected chi connectivity index (χ1v) is 8.24. The van der Waals surface area contributed by atoms with Gasteiger partial charge in [0.2, 0.25) is 0 Å². The summed E-state index contributed by atoms with van der Waals surface area (Å²) in [4.78, 5) is 26.0. The standard InChI is InChI=1S/C17H22N4O3/c1-3-24-17(23)21-10-8-12(9-11-21)18-16(22)15-13-6-4-5-7-14(13)20(2)19-15/h4-7,12H,3,8-11H2,1-2H3,(H,18,22). The second-order valence-corrected chi connectivity index (χ2v) is 5.92. The van der Waals surface area contributed by atoms with E-state index in [4.69, 9.17) is 4.74 Å². The van der Waals surface area contributed by atoms with Gasteiger partial charge < -0.3 is 15.0 Å². The number of benzene rings is 1. The summed E-state index contributed by atoms with van der Waals surface area (Å²) >= 11 is 0. The van der Waals surface area contributed by atoms with E-state index in [1.54, 1.807) is 16.5 Å². The van der Waals surface area contributed by atoms with Crippen molar-refractivity contribution in [2.45, 2.75) is 25.8 Å². The summed E-state index contributed by atoms with van der Waals surface area (Å²) in [7, 11) is 1.83. The molecule has 1 fully saturated rings. The third kappa shape index (κ3) is 3.20. The summed E-state index contributed by atoms with van der Waals surface area (Å²) < 4.78 is 6.72. The number of rotatable bonds is 3. The van der Waals surface area contributed by atoms with E-state index in [-0.39, 0.29) is 18.0 Å². The van der Waals surface area contributed by atoms with Crippen LogP contribution in [0.25, 0.3) is 10.9 Å². The Morgan fingerprint density at radius 1 is 1.29 bits per heavy atom. The number of aryl methyl sites for hydroxylation is 1. The first-order valence-electron chi connectivity index (χ1n) is 8.24. The van der Waals surface area contributed by atoms with Crippen LogP contribution in [0.2, 0.25) is 0 Å². The Kier molecular flexibility index (Phi) is 4.69. The van der Waals surface area contributed by atoms with E-state index < -0.39 is 0 Å². The van der Waals surface area contributed by atoms with Crippen LogP contribution in [0.1, 0.15) is 30.3 Å². The number of aromatic nitrogens is 2. The van der Waals surface area contributed by atoms with Crippen molar-refractivity contribution in [3.8, 4) is 0 Å². The zero-order valence-corrected chi connectivity index (χ0v) is 14.0. The van der Waals surface area contributed by atoms with Crippen molar-refractivity contribution in [2.75, 3.05) is 19.7 Å². The van der Waals surface area contributed by atoms with Crippen molar-refractivity contribution >= 4 is 22.9 Å². The lowest BCUT2D eigenvalue weighted by Gasteiger charge is -2.31. The molecule has 0 radical (unpaired) electrons. The molecular formula is C17H22N4O3. The highest BCUT2D eigenvalue weighted by Crippen LogP contribution is 2.18. The van der Waals surface area contributed by atoms with Crippen molar-refractivity contribution < 1.29 is 14.3 Å². The number of likely N-dealkylation sites (tertiary alicyclic amines) is 1. The lowest BCUT2D eigenvalue weighted by molar-refractivity contribution is 0.0857. The molecule has 0 aliphatic carbocycles. The molecule has 7 heteroatoms. The number of carbonyl (C=O) groups is 2. The third-order valence-corrected chi connectivity index (χ3v) is 4.33. The molecule has 1 aromatic heterocycles. The quantitative estimate of drug-likeness (QED) is 0.933. The van der Waals surface area contributed by atoms with Gasteiger partial charge in [0.05, 0.1) is 12.1 Å². The average Bonchev–Trinajstić information content (AvgIpc) is 2.93. The first kappa shape index (κ1) is 16.3. The normalized spacial score (nSPS) is 15.5. The predicted octanol–water partition coefficient (Wildman–Crippen LogP) is 1.92. The molecule has 0 unspecified atom stereocenters. The topological polar surface area (TPSA) is 76.5 Å². The molecule has 2 amide bonds. The van der Waals surface area contributed by atoms with Gasteiger partial charge in [-0.3, -0.25) is 9.48 Å². The molecule has 0 atom stereocenters. The van der Waals surface area contributed by atoms with Crippen molar-refractivity contribution in [3.05, 3.63) is 30.0 Å². The largest absolute Gasteiger partial charge is 0.450 e. The first-order chi connectivity index (χ1) is 11.6. The number of carbonyl (C=O) groups excluding carboxylic acids is 2. The monoisotopic (exact) mass is 330 g/mol. The summed E-state index contributed by atoms with van der Waals surface area (Å²) in [5, 5.41) is 8.23. The van der Waals surface area contributed by atoms with E-state index >= 15 is 0 Å². The predicted molar refractivity (Wildman–Crippen MR) is 89.8 cm³/mol. The van der Waals surface area contributed by atoms with Gasteiger partial charge >= 0.3 is 6.09 Å². The van der Waals surface area contributed by atoms with Crippen LogP contribution in [0.5, 0.6) is 0 Å². The van der Waals surface area contributed by atoms with Gasteiger partial charge in [0.15, 0.2) is 5.69 Å². The van der Waals surface area contributed by atoms with Gasteiger partial charge in [0, 0.05) is 31.6 Å². The summed E-state index contributed by atoms with van der Waals surface area (Å²) in [6.45, 7) is 3.35. The van der Waals surface area contributed by atoms with Gasteiger partial charge in [-0.05, 0) is 25.8 Å². The molecular weight excluding hydrogens is 308 g/mol. The van der Waals surface area contributed by atoms with Crippen LogP contribution in [0.3, 0.4) is 0 Å². The number of hydrogen-bond donors (Lipinski definition) is 1. The number of para-hydroxylation sites is 1. The Labute approximate surface area is 140 Å². The summed E-state index contributed by atoms with van der Waals surface area (Å²) in [5.74, 6) is -0.165. The number of ether oxygens (including phenoxy) is 1. The molecule has 1 aliphatic heterocycles. The molecule has 2 heterocycles. The number of hydrogen-bond acceptors (Lipinski definition) is 4. The molecule has 0 bridgehead atoms. The number of nitrogens with one attached hydrogen (secondary N) is 1. The van der Waals surface area contributed by atoms with Crippen LogP contribution >= 0.6 is 0 Å². The van der Waals surface area contributed by atoms with Crippen LogP contribution in [0.15, 0.2) is 24.3 Å². The Hall–Kier alpha value is -2.57. The molecule has 1 aromatic carbocycles. The van der Waals surface area contributed by atoms with Gasteiger partial charge in [0.25, 0.3) is 5.91 Å². The maximum atomic E-state index is 12.6. The summed E-state index contributed by atoms with van der Waals surface area (Å²) in [6.07, 6.45) is 1.16. The second-order valence-electron chi connectivity index (χ2n) is 5.92. The van der Waals surface area contributed by atoms with E-state index in [1.165, 1.54) is 0 Å². The highest BCUT2D eigenvalue weighted by Gasteiger charge is 2.26. The highest BCUT2D eigenvalue weighted by molar-refractivity contribution is 6.04. The van der Waals surface area contributed by atoms with E-state index in [0.29, 0.717) is 25.4 Å². The molecule has 1 saturated heterocycles. The number of fused-ring (bicyclic) bond motifs is 1. The minimum atomic E-state index is -0.280. The van der Waals surface area contributed by atoms with Gasteiger partial charge in [-0.1, -0.05) is 18.2 Å². The summed E-state index contributed by atoms with van der Waals surface area (Å²) in [5.41, 5.74) is 1.38. The molecule has 2 aromatic rings. The third-order valence-electron chi connectivity index (χ3n) is 4.33. The van der Waals surface area contributed by atoms with Crippen molar-refractivity contribution in [1.29, 1.82) is 0 Å². The van der Waals surface area contributed by atoms with Crippen molar-refractivity contribution in [1.82, 2.24) is 20.0 Å². The molecule has 0 saturated carbocycles. The van der Waals surface area contributed by atoms with Gasteiger partial charge in [-0.25, -0.2) is 4.79 Å². The van der Waals surface area contributed by atoms with Gasteiger partial charge in [-0.2, -0.15) is 5.10 Å². The molecule has 128 valence electrons. The Bertz CT molecular complexity index is 747. The van der Waals surface area contributed by atoms with E-state index in [0.717, 1.165) is 23.7 Å². The Morgan fingerprint density at radius 2 is 2.00 bits per heavy atom. The highest BCUT2D eigenvalue weighted by atomic mass is 16.6. The van der Waals surface area contributed by atoms with Crippen LogP contribution < -0.4 is 5.32 Å². The minimum Gasteiger partial charge on any atom is -0.450 e. The van der Waals surface area contributed by atoms with Crippen LogP contribution in [0.4, 0.5) is 4.79 Å². The van der Waals surface area contributed by atoms with E-state index in [9.17, 15) is 9.59 Å². The smallest absolute Gasteiger partial charge is 0.409 e. The molecule has 0 spiro atoms. The zero-order valence-electron chi connectivity index (χ0n) is 14.0. The van der Waals surface area contributed by atoms with E-state index in [2.05, 4.69) is 10.4 Å². The Balaban J connectivity index is 1.63. The second kappa shape index (κ2) is 6.90. The number of amides is 2. The maximum Gasteiger partial charge on any atom is 0.409 e. The van der Waals surface area contributed by atoms with E-state index in [1.807, 2.05) is 31.3 Å². The molecule has 1 aliphatic rings. The fraction of sp³-hybridized carbons (Fsp3) is 0.471. The Morgan fingerprint density at radius 3 is 2.71 bits per heavy atom. The van der Waals surface area contributed by atoms with Crippen LogP contribution in [-0.2, 0) is 11.8 Å². The lowest BCUT2D eigenvalue weighted by Crippen LogP contribution is -2.46. The van der Waals surface area contributed by atoms with Crippen molar-refractivity contribution in [3.63, 3.8) is 0 Å². The zero-order chi connectivity index (χ0) is 17.1. The van der Waals surface area contributed by atoms with Gasteiger partial charge in [-0.15, -0.1) is 0 Å². The molecule has 24 heavy (non-hydrogen) atoms. The van der Waals surface area contributed by atoms with Crippen LogP contribution in [0, 0.1) is 0 Å². The molecule has 3 rings (SSSR count). The fourth-order valence-electron chi connectivity index (χ4n) is 3.06.